The molecule has 0 saturated carbocycles. The van der Waals surface area contributed by atoms with Crippen LogP contribution in [0, 0.1) is 0 Å². The maximum absolute atomic E-state index is 13.0. The average molecular weight is 961 g/mol. The number of nitrogens with zero attached hydrogens (tertiary/aromatic N) is 2. The van der Waals surface area contributed by atoms with Crippen molar-refractivity contribution in [1.29, 1.82) is 0 Å². The predicted octanol–water partition coefficient (Wildman–Crippen LogP) is 10.9. The second kappa shape index (κ2) is 21.5. The second-order valence-electron chi connectivity index (χ2n) is 12.4. The van der Waals surface area contributed by atoms with Crippen molar-refractivity contribution in [2.75, 3.05) is 39.2 Å². The summed E-state index contributed by atoms with van der Waals surface area (Å²) in [5, 5.41) is 9.47. The van der Waals surface area contributed by atoms with Gasteiger partial charge in [0.25, 0.3) is 18.2 Å². The molecule has 55 heavy (non-hydrogen) atoms. The number of rotatable bonds is 10. The summed E-state index contributed by atoms with van der Waals surface area (Å²) in [6.07, 6.45) is -1.16. The third-order valence-electron chi connectivity index (χ3n) is 8.81. The molecular weight excluding hydrogens is 920 g/mol. The number of hydrogen-bond donors (Lipinski definition) is 1. The van der Waals surface area contributed by atoms with E-state index >= 15 is 0 Å². The molecule has 4 aromatic carbocycles. The lowest BCUT2D eigenvalue weighted by molar-refractivity contribution is 0.0727. The summed E-state index contributed by atoms with van der Waals surface area (Å²) < 4.78 is 63.5. The van der Waals surface area contributed by atoms with Gasteiger partial charge in [0.05, 0.1) is 40.6 Å². The number of halogens is 7. The third kappa shape index (κ3) is 12.3. The van der Waals surface area contributed by atoms with Crippen molar-refractivity contribution >= 4 is 59.6 Å². The summed E-state index contributed by atoms with van der Waals surface area (Å²) in [4.78, 5) is 29.6. The molecule has 2 amide bonds. The molecule has 2 unspecified atom stereocenters. The fourth-order valence-corrected chi connectivity index (χ4v) is 7.15. The number of ether oxygens (including phenoxy) is 3. The molecular formula is C40H41Br3F4N2O6. The molecule has 0 aromatic heterocycles. The Kier molecular flexibility index (Phi) is 17.1. The van der Waals surface area contributed by atoms with Crippen LogP contribution in [0.2, 0.25) is 0 Å². The summed E-state index contributed by atoms with van der Waals surface area (Å²) in [7, 11) is 3.14. The summed E-state index contributed by atoms with van der Waals surface area (Å²) >= 11 is 9.35. The average Bonchev–Trinajstić information content (AvgIpc) is 3.89. The van der Waals surface area contributed by atoms with Crippen molar-refractivity contribution in [3.05, 3.63) is 116 Å². The van der Waals surface area contributed by atoms with E-state index < -0.39 is 19.5 Å². The molecule has 2 saturated heterocycles. The van der Waals surface area contributed by atoms with Gasteiger partial charge in [-0.2, -0.15) is 0 Å². The number of carbonyl (C=O) groups is 2. The number of carbonyl (C=O) groups excluding carboxylic acids is 2. The van der Waals surface area contributed by atoms with Crippen LogP contribution in [0.5, 0.6) is 23.0 Å². The van der Waals surface area contributed by atoms with E-state index in [-0.39, 0.29) is 35.0 Å². The number of aromatic hydroxyl groups is 1. The van der Waals surface area contributed by atoms with Crippen LogP contribution < -0.4 is 14.2 Å². The molecule has 8 nitrogen and oxygen atoms in total. The van der Waals surface area contributed by atoms with Gasteiger partial charge in [0.15, 0.2) is 0 Å². The van der Waals surface area contributed by atoms with Crippen molar-refractivity contribution in [2.24, 2.45) is 0 Å². The smallest absolute Gasteiger partial charge is 0.272 e. The van der Waals surface area contributed by atoms with Gasteiger partial charge in [-0.25, -0.2) is 17.6 Å². The van der Waals surface area contributed by atoms with E-state index in [1.165, 1.54) is 0 Å². The van der Waals surface area contributed by atoms with Gasteiger partial charge in [-0.15, -0.1) is 0 Å². The maximum atomic E-state index is 13.0. The molecule has 0 bridgehead atoms. The van der Waals surface area contributed by atoms with Crippen LogP contribution >= 0.6 is 47.8 Å². The lowest BCUT2D eigenvalue weighted by atomic mass is 10.0. The Morgan fingerprint density at radius 2 is 1.20 bits per heavy atom. The highest BCUT2D eigenvalue weighted by Crippen LogP contribution is 2.37. The van der Waals surface area contributed by atoms with Crippen LogP contribution in [-0.4, -0.2) is 78.8 Å². The zero-order valence-corrected chi connectivity index (χ0v) is 34.8. The van der Waals surface area contributed by atoms with Crippen molar-refractivity contribution in [3.63, 3.8) is 0 Å². The molecule has 296 valence electrons. The number of amides is 2. The van der Waals surface area contributed by atoms with E-state index in [4.69, 9.17) is 14.2 Å². The maximum Gasteiger partial charge on any atom is 0.272 e. The molecule has 2 heterocycles. The number of phenols is 1. The second-order valence-corrected chi connectivity index (χ2v) is 14.8. The molecule has 15 heteroatoms. The Morgan fingerprint density at radius 3 is 1.64 bits per heavy atom. The molecule has 0 radical (unpaired) electrons. The third-order valence-corrected chi connectivity index (χ3v) is 10.6. The summed E-state index contributed by atoms with van der Waals surface area (Å²) in [6, 6.07) is 24.7. The SMILES string of the molecule is COc1cc(C(=O)N2CCCC2c2cccc(O)c2)ccc1Br.COc1cc(C(=O)N2CCCC2c2cccc(OCC(F)F)c2)ccc1Br.FC(F)CBr. The van der Waals surface area contributed by atoms with Crippen LogP contribution in [0.15, 0.2) is 93.9 Å². The molecule has 2 fully saturated rings. The Hall–Kier alpha value is -3.82. The summed E-state index contributed by atoms with van der Waals surface area (Å²) in [6.45, 7) is 0.719. The van der Waals surface area contributed by atoms with Gasteiger partial charge in [-0.1, -0.05) is 40.2 Å². The lowest BCUT2D eigenvalue weighted by Crippen LogP contribution is -2.30. The van der Waals surface area contributed by atoms with Crippen molar-refractivity contribution in [1.82, 2.24) is 9.80 Å². The fraction of sp³-hybridized carbons (Fsp3) is 0.350. The van der Waals surface area contributed by atoms with Crippen LogP contribution in [-0.2, 0) is 0 Å². The first kappa shape index (κ1) is 43.9. The largest absolute Gasteiger partial charge is 0.508 e. The van der Waals surface area contributed by atoms with Crippen molar-refractivity contribution in [2.45, 2.75) is 50.6 Å². The molecule has 6 rings (SSSR count). The molecule has 2 aliphatic rings. The lowest BCUT2D eigenvalue weighted by Gasteiger charge is -2.26. The number of alkyl halides is 5. The van der Waals surface area contributed by atoms with E-state index in [9.17, 15) is 32.3 Å². The van der Waals surface area contributed by atoms with E-state index in [1.54, 1.807) is 74.9 Å². The van der Waals surface area contributed by atoms with Crippen LogP contribution in [0.25, 0.3) is 0 Å². The van der Waals surface area contributed by atoms with Gasteiger partial charge in [-0.3, -0.25) is 9.59 Å². The monoisotopic (exact) mass is 958 g/mol. The first-order valence-corrected chi connectivity index (χ1v) is 20.0. The fourth-order valence-electron chi connectivity index (χ4n) is 6.33. The molecule has 0 spiro atoms. The van der Waals surface area contributed by atoms with E-state index in [1.807, 2.05) is 34.1 Å². The molecule has 1 N–H and O–H groups in total. The van der Waals surface area contributed by atoms with Crippen molar-refractivity contribution in [3.8, 4) is 23.0 Å². The quantitative estimate of drug-likeness (QED) is 0.126. The number of methoxy groups -OCH3 is 2. The van der Waals surface area contributed by atoms with Crippen molar-refractivity contribution < 1.29 is 46.5 Å². The van der Waals surface area contributed by atoms with Gasteiger partial charge >= 0.3 is 0 Å². The number of benzene rings is 4. The molecule has 0 aliphatic carbocycles. The minimum absolute atomic E-state index is 0.00393. The van der Waals surface area contributed by atoms with E-state index in [0.717, 1.165) is 52.3 Å². The highest BCUT2D eigenvalue weighted by atomic mass is 79.9. The summed E-state index contributed by atoms with van der Waals surface area (Å²) in [5.74, 6) is 1.76. The first-order valence-electron chi connectivity index (χ1n) is 17.3. The van der Waals surface area contributed by atoms with Crippen LogP contribution in [0.1, 0.15) is 69.6 Å². The number of likely N-dealkylation sites (tertiary alicyclic amines) is 2. The Morgan fingerprint density at radius 1 is 0.727 bits per heavy atom. The Labute approximate surface area is 343 Å². The number of phenolic OH excluding ortho intramolecular Hbond substituents is 1. The minimum Gasteiger partial charge on any atom is -0.508 e. The van der Waals surface area contributed by atoms with E-state index in [2.05, 4.69) is 47.8 Å². The summed E-state index contributed by atoms with van der Waals surface area (Å²) in [5.41, 5.74) is 3.01. The Bertz CT molecular complexity index is 1890. The normalized spacial score (nSPS) is 16.3. The van der Waals surface area contributed by atoms with Gasteiger partial charge in [0, 0.05) is 24.2 Å². The van der Waals surface area contributed by atoms with Gasteiger partial charge < -0.3 is 29.1 Å². The molecule has 2 aliphatic heterocycles. The van der Waals surface area contributed by atoms with Gasteiger partial charge in [0.1, 0.15) is 29.6 Å². The van der Waals surface area contributed by atoms with Gasteiger partial charge in [-0.05, 0) is 129 Å². The van der Waals surface area contributed by atoms with Crippen LogP contribution in [0.3, 0.4) is 0 Å². The van der Waals surface area contributed by atoms with E-state index in [0.29, 0.717) is 34.9 Å². The predicted molar refractivity (Wildman–Crippen MR) is 213 cm³/mol. The zero-order chi connectivity index (χ0) is 40.1. The van der Waals surface area contributed by atoms with Crippen LogP contribution in [0.4, 0.5) is 17.6 Å². The highest BCUT2D eigenvalue weighted by Gasteiger charge is 2.32. The first-order chi connectivity index (χ1) is 26.4. The zero-order valence-electron chi connectivity index (χ0n) is 30.1. The minimum atomic E-state index is -2.52. The standard InChI is InChI=1S/C20H20BrF2NO3.C18H18BrNO3.C2H3BrF2/c1-26-18-11-14(7-8-16(18)21)20(25)24-9-3-6-17(24)13-4-2-5-15(10-13)27-12-19(22)23;1-23-17-11-13(7-8-15(17)19)18(22)20-9-3-6-16(20)12-4-2-5-14(21)10-12;3-1-2(4)5/h2,4-5,7-8,10-11,17,19H,3,6,9,12H2,1H3;2,4-5,7-8,10-11,16,21H,3,6,9H2,1H3;2H,1H2. The topological polar surface area (TPSA) is 88.5 Å². The molecule has 2 atom stereocenters. The van der Waals surface area contributed by atoms with Gasteiger partial charge in [0.2, 0.25) is 6.43 Å². The molecule has 4 aromatic rings. The Balaban J connectivity index is 0.000000220. The number of hydrogen-bond acceptors (Lipinski definition) is 6. The highest BCUT2D eigenvalue weighted by molar-refractivity contribution is 9.11.